The van der Waals surface area contributed by atoms with E-state index in [1.54, 1.807) is 11.3 Å². The van der Waals surface area contributed by atoms with E-state index in [1.165, 1.54) is 15.8 Å². The van der Waals surface area contributed by atoms with Crippen LogP contribution >= 0.6 is 11.3 Å². The Morgan fingerprint density at radius 3 is 2.77 bits per heavy atom. The number of hydrogen-bond acceptors (Lipinski definition) is 6. The largest absolute Gasteiger partial charge is 0.457 e. The summed E-state index contributed by atoms with van der Waals surface area (Å²) in [4.78, 5) is 43.1. The smallest absolute Gasteiger partial charge is 0.308 e. The zero-order chi connectivity index (χ0) is 21.3. The second-order valence-electron chi connectivity index (χ2n) is 7.10. The molecule has 0 saturated heterocycles. The van der Waals surface area contributed by atoms with Crippen LogP contribution in [0, 0.1) is 11.6 Å². The first-order valence-corrected chi connectivity index (χ1v) is 10.4. The number of hydrogen-bond donors (Lipinski definition) is 0. The maximum absolute atomic E-state index is 13.2. The zero-order valence-electron chi connectivity index (χ0n) is 16.0. The molecule has 0 N–H and O–H groups in total. The van der Waals surface area contributed by atoms with Crippen LogP contribution in [0.4, 0.5) is 8.78 Å². The fraction of sp³-hybridized carbons (Fsp3) is 0.333. The van der Waals surface area contributed by atoms with Crippen molar-refractivity contribution in [2.24, 2.45) is 0 Å². The Bertz CT molecular complexity index is 1200. The van der Waals surface area contributed by atoms with Crippen molar-refractivity contribution in [2.45, 2.75) is 38.6 Å². The van der Waals surface area contributed by atoms with Gasteiger partial charge in [-0.2, -0.15) is 0 Å². The average Bonchev–Trinajstić information content (AvgIpc) is 3.12. The van der Waals surface area contributed by atoms with Gasteiger partial charge >= 0.3 is 5.97 Å². The van der Waals surface area contributed by atoms with Crippen LogP contribution in [-0.4, -0.2) is 27.9 Å². The van der Waals surface area contributed by atoms with E-state index in [0.717, 1.165) is 54.3 Å². The standard InChI is InChI=1S/C21H18F2N2O4S/c22-14-6-5-12(9-15(14)23)16(26)10-29-18(27)7-8-25-11-24-20-19(21(25)28)13-3-1-2-4-17(13)30-20/h5-6,9,11H,1-4,7-8,10H2. The summed E-state index contributed by atoms with van der Waals surface area (Å²) >= 11 is 1.55. The molecule has 2 aromatic heterocycles. The Balaban J connectivity index is 1.38. The highest BCUT2D eigenvalue weighted by Crippen LogP contribution is 2.33. The third kappa shape index (κ3) is 4.02. The normalized spacial score (nSPS) is 13.3. The topological polar surface area (TPSA) is 78.3 Å². The molecule has 156 valence electrons. The van der Waals surface area contributed by atoms with Gasteiger partial charge < -0.3 is 4.74 Å². The predicted molar refractivity (Wildman–Crippen MR) is 107 cm³/mol. The summed E-state index contributed by atoms with van der Waals surface area (Å²) in [6.45, 7) is -0.515. The van der Waals surface area contributed by atoms with Crippen LogP contribution in [0.2, 0.25) is 0 Å². The Hall–Kier alpha value is -2.94. The van der Waals surface area contributed by atoms with E-state index in [1.807, 2.05) is 0 Å². The molecule has 0 fully saturated rings. The van der Waals surface area contributed by atoms with Crippen molar-refractivity contribution >= 4 is 33.3 Å². The van der Waals surface area contributed by atoms with Crippen LogP contribution in [0.3, 0.4) is 0 Å². The number of aromatic nitrogens is 2. The molecule has 0 saturated carbocycles. The average molecular weight is 432 g/mol. The van der Waals surface area contributed by atoms with Crippen molar-refractivity contribution in [3.63, 3.8) is 0 Å². The summed E-state index contributed by atoms with van der Waals surface area (Å²) in [5.41, 5.74) is 0.813. The van der Waals surface area contributed by atoms with Crippen molar-refractivity contribution in [3.8, 4) is 0 Å². The second kappa shape index (κ2) is 8.43. The van der Waals surface area contributed by atoms with Crippen LogP contribution < -0.4 is 5.56 Å². The minimum absolute atomic E-state index is 0.0740. The van der Waals surface area contributed by atoms with E-state index < -0.39 is 30.0 Å². The first-order chi connectivity index (χ1) is 14.4. The van der Waals surface area contributed by atoms with E-state index in [2.05, 4.69) is 4.98 Å². The molecule has 0 spiro atoms. The molecule has 1 aliphatic rings. The molecule has 6 nitrogen and oxygen atoms in total. The summed E-state index contributed by atoms with van der Waals surface area (Å²) in [6.07, 6.45) is 5.30. The van der Waals surface area contributed by atoms with Crippen molar-refractivity contribution in [3.05, 3.63) is 62.5 Å². The van der Waals surface area contributed by atoms with Crippen molar-refractivity contribution in [2.75, 3.05) is 6.61 Å². The molecule has 0 radical (unpaired) electrons. The van der Waals surface area contributed by atoms with Gasteiger partial charge in [-0.3, -0.25) is 19.0 Å². The monoisotopic (exact) mass is 432 g/mol. The molecule has 9 heteroatoms. The number of ketones is 1. The lowest BCUT2D eigenvalue weighted by molar-refractivity contribution is -0.142. The van der Waals surface area contributed by atoms with Crippen LogP contribution in [0.15, 0.2) is 29.3 Å². The van der Waals surface area contributed by atoms with Crippen LogP contribution in [0.5, 0.6) is 0 Å². The molecule has 0 aliphatic heterocycles. The summed E-state index contributed by atoms with van der Waals surface area (Å²) in [7, 11) is 0. The van der Waals surface area contributed by atoms with Gasteiger partial charge in [-0.1, -0.05) is 0 Å². The Kier molecular flexibility index (Phi) is 5.72. The first-order valence-electron chi connectivity index (χ1n) is 9.57. The number of thiophene rings is 1. The van der Waals surface area contributed by atoms with Gasteiger partial charge in [0.25, 0.3) is 5.56 Å². The van der Waals surface area contributed by atoms with Gasteiger partial charge in [-0.05, 0) is 49.4 Å². The molecular weight excluding hydrogens is 414 g/mol. The molecule has 1 aliphatic carbocycles. The number of aryl methyl sites for hydroxylation is 3. The van der Waals surface area contributed by atoms with Gasteiger partial charge in [-0.25, -0.2) is 13.8 Å². The molecule has 0 bridgehead atoms. The van der Waals surface area contributed by atoms with Crippen molar-refractivity contribution in [1.29, 1.82) is 0 Å². The number of Topliss-reactive ketones (excluding diaryl/α,β-unsaturated/α-hetero) is 1. The minimum atomic E-state index is -1.15. The van der Waals surface area contributed by atoms with Crippen LogP contribution in [0.25, 0.3) is 10.2 Å². The van der Waals surface area contributed by atoms with Gasteiger partial charge in [0.2, 0.25) is 0 Å². The Morgan fingerprint density at radius 2 is 1.97 bits per heavy atom. The van der Waals surface area contributed by atoms with E-state index in [0.29, 0.717) is 5.39 Å². The van der Waals surface area contributed by atoms with Gasteiger partial charge in [0.15, 0.2) is 24.0 Å². The fourth-order valence-electron chi connectivity index (χ4n) is 3.52. The summed E-state index contributed by atoms with van der Waals surface area (Å²) < 4.78 is 32.4. The van der Waals surface area contributed by atoms with Gasteiger partial charge in [-0.15, -0.1) is 11.3 Å². The fourth-order valence-corrected chi connectivity index (χ4v) is 4.74. The zero-order valence-corrected chi connectivity index (χ0v) is 16.8. The number of benzene rings is 1. The second-order valence-corrected chi connectivity index (χ2v) is 8.18. The summed E-state index contributed by atoms with van der Waals surface area (Å²) in [5, 5.41) is 0.638. The molecule has 4 rings (SSSR count). The highest BCUT2D eigenvalue weighted by molar-refractivity contribution is 7.18. The van der Waals surface area contributed by atoms with Crippen molar-refractivity contribution < 1.29 is 23.1 Å². The van der Waals surface area contributed by atoms with E-state index in [-0.39, 0.29) is 24.1 Å². The predicted octanol–water partition coefficient (Wildman–Crippen LogP) is 3.43. The van der Waals surface area contributed by atoms with E-state index in [9.17, 15) is 23.2 Å². The highest BCUT2D eigenvalue weighted by Gasteiger charge is 2.20. The van der Waals surface area contributed by atoms with Crippen LogP contribution in [0.1, 0.15) is 40.1 Å². The lowest BCUT2D eigenvalue weighted by Gasteiger charge is -2.10. The number of halogens is 2. The van der Waals surface area contributed by atoms with E-state index >= 15 is 0 Å². The summed E-state index contributed by atoms with van der Waals surface area (Å²) in [6, 6.07) is 2.72. The number of esters is 1. The lowest BCUT2D eigenvalue weighted by Crippen LogP contribution is -2.23. The molecule has 3 aromatic rings. The number of rotatable bonds is 6. The Morgan fingerprint density at radius 1 is 1.17 bits per heavy atom. The maximum Gasteiger partial charge on any atom is 0.308 e. The number of carbonyl (C=O) groups is 2. The SMILES string of the molecule is O=C(CCn1cnc2sc3c(c2c1=O)CCCC3)OCC(=O)c1ccc(F)c(F)c1. The Labute approximate surface area is 174 Å². The number of fused-ring (bicyclic) bond motifs is 3. The van der Waals surface area contributed by atoms with Crippen molar-refractivity contribution in [1.82, 2.24) is 9.55 Å². The van der Waals surface area contributed by atoms with Gasteiger partial charge in [0.1, 0.15) is 4.83 Å². The molecule has 0 unspecified atom stereocenters. The molecule has 1 aromatic carbocycles. The number of carbonyl (C=O) groups excluding carboxylic acids is 2. The molecule has 0 atom stereocenters. The van der Waals surface area contributed by atoms with Gasteiger partial charge in [0.05, 0.1) is 18.1 Å². The molecular formula is C21H18F2N2O4S. The minimum Gasteiger partial charge on any atom is -0.457 e. The van der Waals surface area contributed by atoms with Gasteiger partial charge in [0, 0.05) is 17.0 Å². The van der Waals surface area contributed by atoms with Crippen LogP contribution in [-0.2, 0) is 28.9 Å². The lowest BCUT2D eigenvalue weighted by atomic mass is 9.97. The quantitative estimate of drug-likeness (QED) is 0.441. The molecule has 0 amide bonds. The number of ether oxygens (including phenoxy) is 1. The van der Waals surface area contributed by atoms with E-state index in [4.69, 9.17) is 4.74 Å². The highest BCUT2D eigenvalue weighted by atomic mass is 32.1. The third-order valence-electron chi connectivity index (χ3n) is 5.10. The summed E-state index contributed by atoms with van der Waals surface area (Å²) in [5.74, 6) is -3.53. The first kappa shape index (κ1) is 20.3. The molecule has 2 heterocycles. The number of nitrogens with zero attached hydrogens (tertiary/aromatic N) is 2. The molecule has 30 heavy (non-hydrogen) atoms. The third-order valence-corrected chi connectivity index (χ3v) is 6.30. The maximum atomic E-state index is 13.2.